The Morgan fingerprint density at radius 3 is 2.72 bits per heavy atom. The van der Waals surface area contributed by atoms with Gasteiger partial charge in [-0.05, 0) is 49.1 Å². The van der Waals surface area contributed by atoms with E-state index >= 15 is 0 Å². The van der Waals surface area contributed by atoms with Crippen LogP contribution in [0.5, 0.6) is 11.5 Å². The average Bonchev–Trinajstić information content (AvgIpc) is 2.73. The number of piperidine rings is 1. The van der Waals surface area contributed by atoms with Gasteiger partial charge in [0.05, 0.1) is 18.4 Å². The van der Waals surface area contributed by atoms with E-state index in [4.69, 9.17) is 4.74 Å². The highest BCUT2D eigenvalue weighted by molar-refractivity contribution is 5.94. The number of likely N-dealkylation sites (tertiary alicyclic amines) is 1. The Hall–Kier alpha value is -2.89. The molecule has 29 heavy (non-hydrogen) atoms. The Labute approximate surface area is 171 Å². The largest absolute Gasteiger partial charge is 0.504 e. The van der Waals surface area contributed by atoms with Crippen LogP contribution in [0.3, 0.4) is 0 Å². The fraction of sp³-hybridized carbons (Fsp3) is 0.435. The summed E-state index contributed by atoms with van der Waals surface area (Å²) in [6, 6.07) is 8.54. The highest BCUT2D eigenvalue weighted by Gasteiger charge is 2.29. The zero-order valence-corrected chi connectivity index (χ0v) is 17.2. The number of ketones is 1. The van der Waals surface area contributed by atoms with E-state index in [0.717, 1.165) is 18.4 Å². The molecule has 1 amide bonds. The molecule has 2 aromatic rings. The van der Waals surface area contributed by atoms with E-state index in [1.165, 1.54) is 7.11 Å². The van der Waals surface area contributed by atoms with Gasteiger partial charge in [-0.2, -0.15) is 0 Å². The number of nitrogens with zero attached hydrogens (tertiary/aromatic N) is 2. The topological polar surface area (TPSA) is 79.7 Å². The fourth-order valence-corrected chi connectivity index (χ4v) is 3.70. The minimum absolute atomic E-state index is 0.0632. The van der Waals surface area contributed by atoms with E-state index in [2.05, 4.69) is 4.98 Å². The van der Waals surface area contributed by atoms with Crippen molar-refractivity contribution in [3.05, 3.63) is 42.1 Å². The number of hydrogen-bond acceptors (Lipinski definition) is 5. The molecule has 2 heterocycles. The smallest absolute Gasteiger partial charge is 0.255 e. The first-order valence-corrected chi connectivity index (χ1v) is 10.0. The number of phenols is 1. The van der Waals surface area contributed by atoms with Crippen LogP contribution in [0.1, 0.15) is 43.5 Å². The third kappa shape index (κ3) is 4.94. The molecule has 0 saturated carbocycles. The third-order valence-electron chi connectivity index (χ3n) is 5.26. The SMILES string of the molecule is COc1cc(-c2ccc(C(=O)N3CCC[C@H](C(=O)CC(C)C)C3)cn2)ccc1O. The predicted molar refractivity (Wildman–Crippen MR) is 111 cm³/mol. The van der Waals surface area contributed by atoms with Crippen LogP contribution in [0.15, 0.2) is 36.5 Å². The molecule has 0 radical (unpaired) electrons. The first kappa shape index (κ1) is 20.8. The van der Waals surface area contributed by atoms with Gasteiger partial charge in [-0.1, -0.05) is 13.8 Å². The molecule has 0 unspecified atom stereocenters. The molecular formula is C23H28N2O4. The first-order chi connectivity index (χ1) is 13.9. The van der Waals surface area contributed by atoms with Crippen LogP contribution in [-0.4, -0.2) is 46.9 Å². The molecular weight excluding hydrogens is 368 g/mol. The number of amides is 1. The molecule has 1 aromatic carbocycles. The van der Waals surface area contributed by atoms with Crippen LogP contribution in [0.2, 0.25) is 0 Å². The number of pyridine rings is 1. The molecule has 1 aromatic heterocycles. The third-order valence-corrected chi connectivity index (χ3v) is 5.26. The number of phenolic OH excluding ortho intramolecular Hbond substituents is 1. The molecule has 0 spiro atoms. The Bertz CT molecular complexity index is 877. The summed E-state index contributed by atoms with van der Waals surface area (Å²) in [6.07, 6.45) is 3.84. The molecule has 1 N–H and O–H groups in total. The van der Waals surface area contributed by atoms with Gasteiger partial charge in [-0.3, -0.25) is 14.6 Å². The lowest BCUT2D eigenvalue weighted by Crippen LogP contribution is -2.42. The van der Waals surface area contributed by atoms with Gasteiger partial charge in [0.25, 0.3) is 5.91 Å². The lowest BCUT2D eigenvalue weighted by atomic mass is 9.89. The van der Waals surface area contributed by atoms with Gasteiger partial charge < -0.3 is 14.7 Å². The van der Waals surface area contributed by atoms with E-state index in [9.17, 15) is 14.7 Å². The molecule has 1 fully saturated rings. The summed E-state index contributed by atoms with van der Waals surface area (Å²) in [5.74, 6) is 0.877. The molecule has 154 valence electrons. The summed E-state index contributed by atoms with van der Waals surface area (Å²) in [5.41, 5.74) is 1.98. The van der Waals surface area contributed by atoms with E-state index in [0.29, 0.717) is 42.4 Å². The summed E-state index contributed by atoms with van der Waals surface area (Å²) in [5, 5.41) is 9.73. The first-order valence-electron chi connectivity index (χ1n) is 10.0. The van der Waals surface area contributed by atoms with Crippen LogP contribution in [0.25, 0.3) is 11.3 Å². The van der Waals surface area contributed by atoms with Gasteiger partial charge in [0.2, 0.25) is 0 Å². The Morgan fingerprint density at radius 2 is 2.07 bits per heavy atom. The van der Waals surface area contributed by atoms with Gasteiger partial charge in [-0.15, -0.1) is 0 Å². The number of aromatic hydroxyl groups is 1. The lowest BCUT2D eigenvalue weighted by Gasteiger charge is -2.32. The van der Waals surface area contributed by atoms with E-state index in [1.54, 1.807) is 41.4 Å². The van der Waals surface area contributed by atoms with Gasteiger partial charge >= 0.3 is 0 Å². The fourth-order valence-electron chi connectivity index (χ4n) is 3.70. The molecule has 0 bridgehead atoms. The van der Waals surface area contributed by atoms with Crippen molar-refractivity contribution in [2.45, 2.75) is 33.1 Å². The Morgan fingerprint density at radius 1 is 1.28 bits per heavy atom. The van der Waals surface area contributed by atoms with Gasteiger partial charge in [0.15, 0.2) is 11.5 Å². The summed E-state index contributed by atoms with van der Waals surface area (Å²) in [6.45, 7) is 5.24. The van der Waals surface area contributed by atoms with Crippen molar-refractivity contribution < 1.29 is 19.4 Å². The normalized spacial score (nSPS) is 16.7. The van der Waals surface area contributed by atoms with E-state index in [-0.39, 0.29) is 23.4 Å². The maximum Gasteiger partial charge on any atom is 0.255 e. The molecule has 1 saturated heterocycles. The van der Waals surface area contributed by atoms with Crippen molar-refractivity contribution in [2.24, 2.45) is 11.8 Å². The average molecular weight is 396 g/mol. The molecule has 1 atom stereocenters. The van der Waals surface area contributed by atoms with Crippen LogP contribution >= 0.6 is 0 Å². The number of Topliss-reactive ketones (excluding diaryl/α,β-unsaturated/α-hetero) is 1. The minimum atomic E-state index is -0.0885. The highest BCUT2D eigenvalue weighted by Crippen LogP contribution is 2.30. The second-order valence-corrected chi connectivity index (χ2v) is 7.97. The van der Waals surface area contributed by atoms with Crippen molar-refractivity contribution in [1.82, 2.24) is 9.88 Å². The number of carbonyl (C=O) groups is 2. The number of ether oxygens (including phenoxy) is 1. The summed E-state index contributed by atoms with van der Waals surface area (Å²) in [7, 11) is 1.49. The zero-order chi connectivity index (χ0) is 21.0. The van der Waals surface area contributed by atoms with Crippen LogP contribution in [-0.2, 0) is 4.79 Å². The van der Waals surface area contributed by atoms with Crippen molar-refractivity contribution in [3.8, 4) is 22.8 Å². The molecule has 6 heteroatoms. The highest BCUT2D eigenvalue weighted by atomic mass is 16.5. The minimum Gasteiger partial charge on any atom is -0.504 e. The molecule has 3 rings (SSSR count). The second-order valence-electron chi connectivity index (χ2n) is 7.97. The molecule has 1 aliphatic heterocycles. The second kappa shape index (κ2) is 9.07. The van der Waals surface area contributed by atoms with Gasteiger partial charge in [0, 0.05) is 37.2 Å². The quantitative estimate of drug-likeness (QED) is 0.800. The summed E-state index contributed by atoms with van der Waals surface area (Å²) >= 11 is 0. The van der Waals surface area contributed by atoms with Crippen molar-refractivity contribution >= 4 is 11.7 Å². The van der Waals surface area contributed by atoms with Crippen molar-refractivity contribution in [2.75, 3.05) is 20.2 Å². The number of aromatic nitrogens is 1. The van der Waals surface area contributed by atoms with Crippen molar-refractivity contribution in [3.63, 3.8) is 0 Å². The summed E-state index contributed by atoms with van der Waals surface area (Å²) < 4.78 is 5.14. The predicted octanol–water partition coefficient (Wildman–Crippen LogP) is 3.93. The van der Waals surface area contributed by atoms with E-state index in [1.807, 2.05) is 13.8 Å². The van der Waals surface area contributed by atoms with Crippen LogP contribution in [0.4, 0.5) is 0 Å². The van der Waals surface area contributed by atoms with E-state index < -0.39 is 0 Å². The number of benzene rings is 1. The maximum absolute atomic E-state index is 12.9. The van der Waals surface area contributed by atoms with Crippen molar-refractivity contribution in [1.29, 1.82) is 0 Å². The molecule has 1 aliphatic rings. The Kier molecular flexibility index (Phi) is 6.52. The number of carbonyl (C=O) groups excluding carboxylic acids is 2. The van der Waals surface area contributed by atoms with Crippen LogP contribution in [0, 0.1) is 11.8 Å². The lowest BCUT2D eigenvalue weighted by molar-refractivity contribution is -0.124. The Balaban J connectivity index is 1.71. The zero-order valence-electron chi connectivity index (χ0n) is 17.2. The standard InChI is InChI=1S/C23H28N2O4/c1-15(2)11-21(27)18-5-4-10-25(14-18)23(28)17-6-8-19(24-13-17)16-7-9-20(26)22(12-16)29-3/h6-9,12-13,15,18,26H,4-5,10-11,14H2,1-3H3/t18-/m0/s1. The van der Waals surface area contributed by atoms with Crippen LogP contribution < -0.4 is 4.74 Å². The number of hydrogen-bond donors (Lipinski definition) is 1. The monoisotopic (exact) mass is 396 g/mol. The molecule has 6 nitrogen and oxygen atoms in total. The van der Waals surface area contributed by atoms with Gasteiger partial charge in [-0.25, -0.2) is 0 Å². The summed E-state index contributed by atoms with van der Waals surface area (Å²) in [4.78, 5) is 31.5. The van der Waals surface area contributed by atoms with Gasteiger partial charge in [0.1, 0.15) is 5.78 Å². The molecule has 0 aliphatic carbocycles. The number of rotatable bonds is 6. The number of methoxy groups -OCH3 is 1. The maximum atomic E-state index is 12.9.